The van der Waals surface area contributed by atoms with Gasteiger partial charge in [-0.25, -0.2) is 0 Å². The molecule has 0 fully saturated rings. The highest BCUT2D eigenvalue weighted by atomic mass is 16.5. The Hall–Kier alpha value is -1.92. The van der Waals surface area contributed by atoms with Crippen molar-refractivity contribution in [2.45, 2.75) is 32.4 Å². The van der Waals surface area contributed by atoms with E-state index in [0.29, 0.717) is 11.3 Å². The first kappa shape index (κ1) is 17.1. The van der Waals surface area contributed by atoms with Gasteiger partial charge in [0.05, 0.1) is 0 Å². The van der Waals surface area contributed by atoms with Crippen LogP contribution in [0.3, 0.4) is 0 Å². The lowest BCUT2D eigenvalue weighted by atomic mass is 10.1. The number of hydrogen-bond donors (Lipinski definition) is 3. The summed E-state index contributed by atoms with van der Waals surface area (Å²) in [5.41, 5.74) is 6.25. The monoisotopic (exact) mass is 293 g/mol. The normalized spacial score (nSPS) is 12.6. The van der Waals surface area contributed by atoms with E-state index in [4.69, 9.17) is 10.5 Å². The van der Waals surface area contributed by atoms with Crippen molar-refractivity contribution < 1.29 is 14.3 Å². The van der Waals surface area contributed by atoms with Gasteiger partial charge in [-0.3, -0.25) is 9.59 Å². The molecule has 21 heavy (non-hydrogen) atoms. The molecule has 1 rings (SSSR count). The fraction of sp³-hybridized carbons (Fsp3) is 0.467. The van der Waals surface area contributed by atoms with Crippen molar-refractivity contribution in [3.05, 3.63) is 29.8 Å². The Kier molecular flexibility index (Phi) is 5.87. The molecule has 0 aromatic heterocycles. The molecule has 0 heterocycles. The fourth-order valence-electron chi connectivity index (χ4n) is 1.65. The lowest BCUT2D eigenvalue weighted by Crippen LogP contribution is -2.40. The zero-order chi connectivity index (χ0) is 16.0. The quantitative estimate of drug-likeness (QED) is 0.758. The summed E-state index contributed by atoms with van der Waals surface area (Å²) in [6.45, 7) is 5.85. The van der Waals surface area contributed by atoms with Gasteiger partial charge in [0.25, 0.3) is 11.8 Å². The van der Waals surface area contributed by atoms with Crippen molar-refractivity contribution in [3.63, 3.8) is 0 Å². The van der Waals surface area contributed by atoms with Crippen molar-refractivity contribution >= 4 is 17.5 Å². The first-order valence-electron chi connectivity index (χ1n) is 6.73. The molecular formula is C15H23N3O3. The van der Waals surface area contributed by atoms with E-state index < -0.39 is 6.10 Å². The molecule has 1 aromatic carbocycles. The van der Waals surface area contributed by atoms with Crippen molar-refractivity contribution in [1.82, 2.24) is 5.32 Å². The van der Waals surface area contributed by atoms with Crippen LogP contribution in [0, 0.1) is 0 Å². The Morgan fingerprint density at radius 1 is 1.24 bits per heavy atom. The highest BCUT2D eigenvalue weighted by Gasteiger charge is 2.17. The summed E-state index contributed by atoms with van der Waals surface area (Å²) in [5.74, 6) is -0.469. The van der Waals surface area contributed by atoms with Gasteiger partial charge in [-0.1, -0.05) is 0 Å². The van der Waals surface area contributed by atoms with E-state index in [9.17, 15) is 9.59 Å². The Balaban J connectivity index is 2.70. The summed E-state index contributed by atoms with van der Waals surface area (Å²) < 4.78 is 4.95. The first-order chi connectivity index (χ1) is 9.76. The minimum atomic E-state index is -0.686. The molecule has 0 saturated carbocycles. The van der Waals surface area contributed by atoms with Crippen LogP contribution < -0.4 is 16.4 Å². The van der Waals surface area contributed by atoms with Crippen LogP contribution >= 0.6 is 0 Å². The van der Waals surface area contributed by atoms with E-state index in [1.807, 2.05) is 20.8 Å². The number of rotatable bonds is 5. The van der Waals surface area contributed by atoms with Crippen molar-refractivity contribution in [1.29, 1.82) is 0 Å². The Labute approximate surface area is 125 Å². The maximum absolute atomic E-state index is 12.0. The van der Waals surface area contributed by atoms with Crippen molar-refractivity contribution in [2.75, 3.05) is 19.0 Å². The summed E-state index contributed by atoms with van der Waals surface area (Å²) in [6.07, 6.45) is -0.686. The summed E-state index contributed by atoms with van der Waals surface area (Å²) in [6, 6.07) is 6.64. The predicted molar refractivity (Wildman–Crippen MR) is 82.1 cm³/mol. The van der Waals surface area contributed by atoms with Gasteiger partial charge in [-0.15, -0.1) is 0 Å². The van der Waals surface area contributed by atoms with Crippen LogP contribution in [0.2, 0.25) is 0 Å². The maximum atomic E-state index is 12.0. The van der Waals surface area contributed by atoms with Gasteiger partial charge >= 0.3 is 0 Å². The van der Waals surface area contributed by atoms with Gasteiger partial charge in [-0.05, 0) is 45.0 Å². The number of amides is 2. The summed E-state index contributed by atoms with van der Waals surface area (Å²) in [4.78, 5) is 23.7. The number of nitrogens with two attached hydrogens (primary N) is 1. The second-order valence-electron chi connectivity index (χ2n) is 5.73. The number of carbonyl (C=O) groups is 2. The van der Waals surface area contributed by atoms with Crippen LogP contribution in [-0.4, -0.2) is 37.1 Å². The Bertz CT molecular complexity index is 488. The third-order valence-corrected chi connectivity index (χ3v) is 2.69. The van der Waals surface area contributed by atoms with Gasteiger partial charge < -0.3 is 21.1 Å². The van der Waals surface area contributed by atoms with Crippen LogP contribution in [0.5, 0.6) is 0 Å². The van der Waals surface area contributed by atoms with Gasteiger partial charge in [0.1, 0.15) is 6.10 Å². The van der Waals surface area contributed by atoms with Gasteiger partial charge in [0.15, 0.2) is 0 Å². The maximum Gasteiger partial charge on any atom is 0.254 e. The van der Waals surface area contributed by atoms with Crippen LogP contribution in [0.15, 0.2) is 24.3 Å². The largest absolute Gasteiger partial charge is 0.370 e. The third-order valence-electron chi connectivity index (χ3n) is 2.69. The number of ether oxygens (including phenoxy) is 1. The minimum Gasteiger partial charge on any atom is -0.370 e. The molecule has 6 heteroatoms. The fourth-order valence-corrected chi connectivity index (χ4v) is 1.65. The van der Waals surface area contributed by atoms with E-state index in [2.05, 4.69) is 10.6 Å². The number of methoxy groups -OCH3 is 1. The third kappa shape index (κ3) is 5.53. The molecule has 1 unspecified atom stereocenters. The molecule has 2 amide bonds. The van der Waals surface area contributed by atoms with Crippen LogP contribution in [0.1, 0.15) is 31.1 Å². The molecule has 0 radical (unpaired) electrons. The Morgan fingerprint density at radius 3 is 2.24 bits per heavy atom. The highest BCUT2D eigenvalue weighted by Crippen LogP contribution is 2.11. The van der Waals surface area contributed by atoms with Crippen molar-refractivity contribution in [3.8, 4) is 0 Å². The molecule has 0 aliphatic heterocycles. The molecule has 116 valence electrons. The average Bonchev–Trinajstić information content (AvgIpc) is 2.39. The molecule has 0 bridgehead atoms. The molecule has 0 aliphatic rings. The molecular weight excluding hydrogens is 270 g/mol. The number of carbonyl (C=O) groups excluding carboxylic acids is 2. The smallest absolute Gasteiger partial charge is 0.254 e. The molecule has 0 saturated heterocycles. The van der Waals surface area contributed by atoms with Crippen LogP contribution in [0.4, 0.5) is 5.69 Å². The number of anilines is 1. The van der Waals surface area contributed by atoms with E-state index >= 15 is 0 Å². The Morgan fingerprint density at radius 2 is 1.81 bits per heavy atom. The zero-order valence-corrected chi connectivity index (χ0v) is 12.9. The minimum absolute atomic E-state index is 0.106. The van der Waals surface area contributed by atoms with E-state index in [0.717, 1.165) is 0 Å². The summed E-state index contributed by atoms with van der Waals surface area (Å²) in [5, 5.41) is 5.55. The van der Waals surface area contributed by atoms with Crippen molar-refractivity contribution in [2.24, 2.45) is 5.73 Å². The average molecular weight is 293 g/mol. The second kappa shape index (κ2) is 7.19. The van der Waals surface area contributed by atoms with E-state index in [1.54, 1.807) is 24.3 Å². The second-order valence-corrected chi connectivity index (χ2v) is 5.73. The highest BCUT2D eigenvalue weighted by molar-refractivity contribution is 5.97. The van der Waals surface area contributed by atoms with Gasteiger partial charge in [-0.2, -0.15) is 0 Å². The topological polar surface area (TPSA) is 93.4 Å². The lowest BCUT2D eigenvalue weighted by Gasteiger charge is -2.20. The molecule has 1 aromatic rings. The lowest BCUT2D eigenvalue weighted by molar-refractivity contribution is -0.125. The molecule has 6 nitrogen and oxygen atoms in total. The predicted octanol–water partition coefficient (Wildman–Crippen LogP) is 1.13. The number of hydrogen-bond acceptors (Lipinski definition) is 4. The molecule has 0 spiro atoms. The van der Waals surface area contributed by atoms with Gasteiger partial charge in [0.2, 0.25) is 0 Å². The van der Waals surface area contributed by atoms with E-state index in [-0.39, 0.29) is 23.9 Å². The van der Waals surface area contributed by atoms with Crippen LogP contribution in [0.25, 0.3) is 0 Å². The van der Waals surface area contributed by atoms with E-state index in [1.165, 1.54) is 7.11 Å². The molecule has 4 N–H and O–H groups in total. The first-order valence-corrected chi connectivity index (χ1v) is 6.73. The summed E-state index contributed by atoms with van der Waals surface area (Å²) in [7, 11) is 1.43. The number of benzene rings is 1. The zero-order valence-electron chi connectivity index (χ0n) is 12.9. The number of nitrogens with one attached hydrogen (secondary N) is 2. The SMILES string of the molecule is COC(CN)C(=O)Nc1ccc(C(=O)NC(C)(C)C)cc1. The summed E-state index contributed by atoms with van der Waals surface area (Å²) >= 11 is 0. The van der Waals surface area contributed by atoms with Crippen LogP contribution in [-0.2, 0) is 9.53 Å². The standard InChI is InChI=1S/C15H23N3O3/c1-15(2,3)18-13(19)10-5-7-11(8-6-10)17-14(20)12(9-16)21-4/h5-8,12H,9,16H2,1-4H3,(H,17,20)(H,18,19). The molecule has 0 aliphatic carbocycles. The van der Waals surface area contributed by atoms with Gasteiger partial charge in [0, 0.05) is 30.4 Å². The molecule has 1 atom stereocenters.